The summed E-state index contributed by atoms with van der Waals surface area (Å²) in [6.07, 6.45) is 4.37. The number of carbonyl (C=O) groups is 2. The average molecular weight is 364 g/mol. The number of rotatable bonds is 6. The molecule has 0 bridgehead atoms. The van der Waals surface area contributed by atoms with Crippen molar-refractivity contribution in [3.63, 3.8) is 0 Å². The van der Waals surface area contributed by atoms with E-state index in [9.17, 15) is 9.59 Å². The van der Waals surface area contributed by atoms with E-state index in [-0.39, 0.29) is 18.4 Å². The van der Waals surface area contributed by atoms with Gasteiger partial charge in [-0.05, 0) is 56.2 Å². The van der Waals surface area contributed by atoms with Gasteiger partial charge in [-0.3, -0.25) is 9.59 Å². The first-order valence-electron chi connectivity index (χ1n) is 9.78. The second-order valence-corrected chi connectivity index (χ2v) is 7.40. The van der Waals surface area contributed by atoms with Gasteiger partial charge in [0.2, 0.25) is 5.91 Å². The van der Waals surface area contributed by atoms with E-state index in [2.05, 4.69) is 36.5 Å². The molecule has 27 heavy (non-hydrogen) atoms. The standard InChI is InChI=1S/C23H28N2O2/c1-18-7-9-19(10-8-18)11-12-20-13-15-25(16-14-20)22(26)17-24-23(27)21-5-3-2-4-6-21/h2-10,20H,11-17H2,1H3,(H,24,27). The lowest BCUT2D eigenvalue weighted by molar-refractivity contribution is -0.131. The Morgan fingerprint density at radius 2 is 1.67 bits per heavy atom. The molecule has 1 aliphatic rings. The molecule has 2 aromatic carbocycles. The topological polar surface area (TPSA) is 49.4 Å². The van der Waals surface area contributed by atoms with Crippen LogP contribution in [0.4, 0.5) is 0 Å². The number of carbonyl (C=O) groups excluding carboxylic acids is 2. The van der Waals surface area contributed by atoms with E-state index in [1.165, 1.54) is 17.5 Å². The minimum atomic E-state index is -0.197. The van der Waals surface area contributed by atoms with E-state index in [1.807, 2.05) is 23.1 Å². The Kier molecular flexibility index (Phi) is 6.64. The molecule has 2 aromatic rings. The fourth-order valence-corrected chi connectivity index (χ4v) is 3.56. The lowest BCUT2D eigenvalue weighted by Gasteiger charge is -2.32. The number of likely N-dealkylation sites (tertiary alicyclic amines) is 1. The summed E-state index contributed by atoms with van der Waals surface area (Å²) in [4.78, 5) is 26.3. The molecule has 0 unspecified atom stereocenters. The lowest BCUT2D eigenvalue weighted by Crippen LogP contribution is -2.44. The molecule has 3 rings (SSSR count). The number of piperidine rings is 1. The Morgan fingerprint density at radius 3 is 2.33 bits per heavy atom. The Labute approximate surface area is 161 Å². The van der Waals surface area contributed by atoms with E-state index in [0.29, 0.717) is 11.5 Å². The summed E-state index contributed by atoms with van der Waals surface area (Å²) in [5, 5.41) is 2.73. The lowest BCUT2D eigenvalue weighted by atomic mass is 9.90. The van der Waals surface area contributed by atoms with Crippen molar-refractivity contribution in [2.45, 2.75) is 32.6 Å². The third kappa shape index (κ3) is 5.68. The monoisotopic (exact) mass is 364 g/mol. The van der Waals surface area contributed by atoms with Gasteiger partial charge in [0.05, 0.1) is 6.54 Å². The van der Waals surface area contributed by atoms with E-state index in [1.54, 1.807) is 12.1 Å². The van der Waals surface area contributed by atoms with Crippen molar-refractivity contribution in [2.75, 3.05) is 19.6 Å². The maximum absolute atomic E-state index is 12.4. The molecule has 0 aliphatic carbocycles. The highest BCUT2D eigenvalue weighted by Crippen LogP contribution is 2.22. The van der Waals surface area contributed by atoms with Gasteiger partial charge in [0.15, 0.2) is 0 Å². The molecular formula is C23H28N2O2. The summed E-state index contributed by atoms with van der Waals surface area (Å²) in [6.45, 7) is 3.76. The summed E-state index contributed by atoms with van der Waals surface area (Å²) in [5.41, 5.74) is 3.27. The predicted molar refractivity (Wildman–Crippen MR) is 108 cm³/mol. The first-order valence-corrected chi connectivity index (χ1v) is 9.78. The van der Waals surface area contributed by atoms with Crippen LogP contribution < -0.4 is 5.32 Å². The fourth-order valence-electron chi connectivity index (χ4n) is 3.56. The molecule has 0 aromatic heterocycles. The van der Waals surface area contributed by atoms with Crippen LogP contribution in [0.2, 0.25) is 0 Å². The molecule has 4 heteroatoms. The van der Waals surface area contributed by atoms with Crippen LogP contribution in [0.15, 0.2) is 54.6 Å². The van der Waals surface area contributed by atoms with Gasteiger partial charge in [0, 0.05) is 18.7 Å². The summed E-state index contributed by atoms with van der Waals surface area (Å²) < 4.78 is 0. The molecule has 0 atom stereocenters. The van der Waals surface area contributed by atoms with Crippen molar-refractivity contribution in [1.29, 1.82) is 0 Å². The van der Waals surface area contributed by atoms with Crippen LogP contribution in [0.25, 0.3) is 0 Å². The Hall–Kier alpha value is -2.62. The van der Waals surface area contributed by atoms with Crippen LogP contribution >= 0.6 is 0 Å². The molecule has 1 N–H and O–H groups in total. The van der Waals surface area contributed by atoms with Crippen LogP contribution in [0.3, 0.4) is 0 Å². The third-order valence-corrected chi connectivity index (χ3v) is 5.37. The van der Waals surface area contributed by atoms with Crippen molar-refractivity contribution in [1.82, 2.24) is 10.2 Å². The van der Waals surface area contributed by atoms with Crippen molar-refractivity contribution in [3.05, 3.63) is 71.3 Å². The van der Waals surface area contributed by atoms with Gasteiger partial charge in [-0.25, -0.2) is 0 Å². The number of nitrogens with one attached hydrogen (secondary N) is 1. The molecule has 0 radical (unpaired) electrons. The zero-order valence-electron chi connectivity index (χ0n) is 16.0. The number of aryl methyl sites for hydroxylation is 2. The molecule has 0 saturated carbocycles. The van der Waals surface area contributed by atoms with Gasteiger partial charge in [0.1, 0.15) is 0 Å². The summed E-state index contributed by atoms with van der Waals surface area (Å²) in [7, 11) is 0. The van der Waals surface area contributed by atoms with Gasteiger partial charge in [-0.1, -0.05) is 48.0 Å². The maximum Gasteiger partial charge on any atom is 0.251 e. The predicted octanol–water partition coefficient (Wildman–Crippen LogP) is 3.60. The molecule has 1 heterocycles. The normalized spacial score (nSPS) is 14.8. The number of hydrogen-bond donors (Lipinski definition) is 1. The van der Waals surface area contributed by atoms with Crippen LogP contribution in [0, 0.1) is 12.8 Å². The minimum Gasteiger partial charge on any atom is -0.343 e. The first kappa shape index (κ1) is 19.2. The molecule has 142 valence electrons. The van der Waals surface area contributed by atoms with Crippen molar-refractivity contribution < 1.29 is 9.59 Å². The van der Waals surface area contributed by atoms with Crippen LogP contribution in [0.5, 0.6) is 0 Å². The first-order chi connectivity index (χ1) is 13.1. The second-order valence-electron chi connectivity index (χ2n) is 7.40. The maximum atomic E-state index is 12.4. The van der Waals surface area contributed by atoms with E-state index in [4.69, 9.17) is 0 Å². The van der Waals surface area contributed by atoms with Gasteiger partial charge < -0.3 is 10.2 Å². The van der Waals surface area contributed by atoms with Crippen LogP contribution in [-0.4, -0.2) is 36.3 Å². The highest BCUT2D eigenvalue weighted by Gasteiger charge is 2.22. The Bertz CT molecular complexity index is 748. The Morgan fingerprint density at radius 1 is 1.00 bits per heavy atom. The molecular weight excluding hydrogens is 336 g/mol. The minimum absolute atomic E-state index is 0.0104. The fraction of sp³-hybridized carbons (Fsp3) is 0.391. The zero-order valence-corrected chi connectivity index (χ0v) is 16.0. The zero-order chi connectivity index (χ0) is 19.1. The second kappa shape index (κ2) is 9.36. The molecule has 1 fully saturated rings. The molecule has 2 amide bonds. The van der Waals surface area contributed by atoms with E-state index in [0.717, 1.165) is 32.4 Å². The highest BCUT2D eigenvalue weighted by molar-refractivity contribution is 5.96. The van der Waals surface area contributed by atoms with Crippen LogP contribution in [-0.2, 0) is 11.2 Å². The number of nitrogens with zero attached hydrogens (tertiary/aromatic N) is 1. The van der Waals surface area contributed by atoms with Gasteiger partial charge in [0.25, 0.3) is 5.91 Å². The quantitative estimate of drug-likeness (QED) is 0.851. The average Bonchev–Trinajstić information content (AvgIpc) is 2.72. The largest absolute Gasteiger partial charge is 0.343 e. The van der Waals surface area contributed by atoms with Crippen molar-refractivity contribution in [3.8, 4) is 0 Å². The molecule has 0 spiro atoms. The summed E-state index contributed by atoms with van der Waals surface area (Å²) in [6, 6.07) is 17.8. The van der Waals surface area contributed by atoms with Gasteiger partial charge in [-0.15, -0.1) is 0 Å². The third-order valence-electron chi connectivity index (χ3n) is 5.37. The number of amides is 2. The highest BCUT2D eigenvalue weighted by atomic mass is 16.2. The van der Waals surface area contributed by atoms with Crippen molar-refractivity contribution >= 4 is 11.8 Å². The SMILES string of the molecule is Cc1ccc(CCC2CCN(C(=O)CNC(=O)c3ccccc3)CC2)cc1. The summed E-state index contributed by atoms with van der Waals surface area (Å²) in [5.74, 6) is 0.488. The smallest absolute Gasteiger partial charge is 0.251 e. The van der Waals surface area contributed by atoms with Gasteiger partial charge in [-0.2, -0.15) is 0 Å². The van der Waals surface area contributed by atoms with Crippen molar-refractivity contribution in [2.24, 2.45) is 5.92 Å². The number of benzene rings is 2. The molecule has 4 nitrogen and oxygen atoms in total. The number of hydrogen-bond acceptors (Lipinski definition) is 2. The Balaban J connectivity index is 1.37. The molecule has 1 saturated heterocycles. The van der Waals surface area contributed by atoms with Gasteiger partial charge >= 0.3 is 0 Å². The van der Waals surface area contributed by atoms with Crippen LogP contribution in [0.1, 0.15) is 40.7 Å². The van der Waals surface area contributed by atoms with E-state index >= 15 is 0 Å². The van der Waals surface area contributed by atoms with E-state index < -0.39 is 0 Å². The summed E-state index contributed by atoms with van der Waals surface area (Å²) >= 11 is 0. The molecule has 1 aliphatic heterocycles.